The third-order valence-corrected chi connectivity index (χ3v) is 5.42. The van der Waals surface area contributed by atoms with E-state index in [0.717, 1.165) is 16.3 Å². The van der Waals surface area contributed by atoms with E-state index in [1.807, 2.05) is 6.92 Å². The molecule has 0 heterocycles. The van der Waals surface area contributed by atoms with Crippen LogP contribution < -0.4 is 5.32 Å². The van der Waals surface area contributed by atoms with Crippen molar-refractivity contribution in [3.63, 3.8) is 0 Å². The molecule has 0 saturated carbocycles. The van der Waals surface area contributed by atoms with Crippen LogP contribution in [0.5, 0.6) is 0 Å². The molecule has 1 aromatic rings. The molecule has 128 valence electrons. The van der Waals surface area contributed by atoms with Gasteiger partial charge in [-0.1, -0.05) is 19.1 Å². The van der Waals surface area contributed by atoms with E-state index in [1.54, 1.807) is 12.1 Å². The molecule has 0 bridgehead atoms. The van der Waals surface area contributed by atoms with Gasteiger partial charge in [-0.3, -0.25) is 9.59 Å². The zero-order chi connectivity index (χ0) is 17.6. The number of carboxylic acid groups (broad SMARTS) is 1. The molecule has 0 saturated heterocycles. The predicted molar refractivity (Wildman–Crippen MR) is 85.5 cm³/mol. The van der Waals surface area contributed by atoms with Crippen LogP contribution in [-0.4, -0.2) is 48.8 Å². The zero-order valence-corrected chi connectivity index (χ0v) is 14.3. The molecule has 1 aromatic carbocycles. The van der Waals surface area contributed by atoms with Gasteiger partial charge in [0.25, 0.3) is 0 Å². The molecule has 2 N–H and O–H groups in total. The maximum absolute atomic E-state index is 12.7. The van der Waals surface area contributed by atoms with Crippen LogP contribution in [0.1, 0.15) is 26.3 Å². The number of benzene rings is 1. The highest BCUT2D eigenvalue weighted by atomic mass is 32.2. The van der Waals surface area contributed by atoms with Crippen molar-refractivity contribution in [1.82, 2.24) is 9.62 Å². The molecule has 8 heteroatoms. The summed E-state index contributed by atoms with van der Waals surface area (Å²) in [4.78, 5) is 22.2. The van der Waals surface area contributed by atoms with Crippen LogP contribution in [0.3, 0.4) is 0 Å². The molecule has 23 heavy (non-hydrogen) atoms. The molecule has 0 aliphatic heterocycles. The predicted octanol–water partition coefficient (Wildman–Crippen LogP) is 0.849. The minimum atomic E-state index is -3.97. The van der Waals surface area contributed by atoms with E-state index in [9.17, 15) is 18.0 Å². The summed E-state index contributed by atoms with van der Waals surface area (Å²) in [6.45, 7) is 4.48. The molecule has 0 aliphatic rings. The van der Waals surface area contributed by atoms with Crippen LogP contribution in [0.25, 0.3) is 0 Å². The number of carbonyl (C=O) groups excluding carboxylic acids is 1. The third-order valence-electron chi connectivity index (χ3n) is 3.43. The Labute approximate surface area is 136 Å². The van der Waals surface area contributed by atoms with Crippen molar-refractivity contribution in [2.24, 2.45) is 0 Å². The number of hydrogen-bond acceptors (Lipinski definition) is 4. The Hall–Kier alpha value is -1.93. The highest BCUT2D eigenvalue weighted by molar-refractivity contribution is 7.89. The maximum Gasteiger partial charge on any atom is 0.321 e. The first-order chi connectivity index (χ1) is 10.7. The number of aliphatic carboxylic acids is 1. The fourth-order valence-electron chi connectivity index (χ4n) is 2.02. The molecule has 0 aliphatic carbocycles. The average molecular weight is 342 g/mol. The van der Waals surface area contributed by atoms with Crippen LogP contribution in [0, 0.1) is 0 Å². The molecule has 0 aromatic heterocycles. The summed E-state index contributed by atoms with van der Waals surface area (Å²) in [5.74, 6) is -1.56. The molecule has 0 spiro atoms. The Morgan fingerprint density at radius 2 is 1.83 bits per heavy atom. The van der Waals surface area contributed by atoms with Crippen molar-refractivity contribution in [1.29, 1.82) is 0 Å². The summed E-state index contributed by atoms with van der Waals surface area (Å²) >= 11 is 0. The minimum absolute atomic E-state index is 0.0330. The van der Waals surface area contributed by atoms with Gasteiger partial charge in [0.15, 0.2) is 0 Å². The van der Waals surface area contributed by atoms with Crippen molar-refractivity contribution in [2.45, 2.75) is 38.1 Å². The van der Waals surface area contributed by atoms with E-state index in [0.29, 0.717) is 0 Å². The van der Waals surface area contributed by atoms with Gasteiger partial charge < -0.3 is 10.4 Å². The highest BCUT2D eigenvalue weighted by Gasteiger charge is 2.32. The lowest BCUT2D eigenvalue weighted by molar-refractivity contribution is -0.140. The van der Waals surface area contributed by atoms with E-state index in [1.165, 1.54) is 26.0 Å². The summed E-state index contributed by atoms with van der Waals surface area (Å²) in [5, 5.41) is 11.6. The number of hydrogen-bond donors (Lipinski definition) is 2. The van der Waals surface area contributed by atoms with Gasteiger partial charge in [0.05, 0.1) is 4.90 Å². The molecule has 1 unspecified atom stereocenters. The molecule has 1 atom stereocenters. The van der Waals surface area contributed by atoms with Crippen molar-refractivity contribution < 1.29 is 23.1 Å². The van der Waals surface area contributed by atoms with Crippen molar-refractivity contribution in [3.05, 3.63) is 29.8 Å². The number of amides is 1. The first-order valence-electron chi connectivity index (χ1n) is 7.28. The number of carboxylic acids is 1. The van der Waals surface area contributed by atoms with E-state index >= 15 is 0 Å². The number of aryl methyl sites for hydroxylation is 1. The summed E-state index contributed by atoms with van der Waals surface area (Å²) < 4.78 is 26.3. The lowest BCUT2D eigenvalue weighted by Gasteiger charge is -2.25. The number of sulfonamides is 1. The smallest absolute Gasteiger partial charge is 0.321 e. The van der Waals surface area contributed by atoms with Crippen molar-refractivity contribution in [3.8, 4) is 0 Å². The maximum atomic E-state index is 12.7. The molecule has 0 fully saturated rings. The fraction of sp³-hybridized carbons (Fsp3) is 0.467. The monoisotopic (exact) mass is 342 g/mol. The first-order valence-corrected chi connectivity index (χ1v) is 8.72. The summed E-state index contributed by atoms with van der Waals surface area (Å²) in [6, 6.07) is 5.09. The van der Waals surface area contributed by atoms with E-state index in [-0.39, 0.29) is 23.9 Å². The van der Waals surface area contributed by atoms with Gasteiger partial charge in [-0.25, -0.2) is 8.42 Å². The topological polar surface area (TPSA) is 104 Å². The van der Waals surface area contributed by atoms with Gasteiger partial charge in [0.1, 0.15) is 6.04 Å². The van der Waals surface area contributed by atoms with Crippen LogP contribution in [0.15, 0.2) is 29.2 Å². The SMILES string of the molecule is CCc1ccc(S(=O)(=O)N(CCNC(C)=O)C(C)C(=O)O)cc1. The lowest BCUT2D eigenvalue weighted by atomic mass is 10.2. The third kappa shape index (κ3) is 5.04. The zero-order valence-electron chi connectivity index (χ0n) is 13.4. The fourth-order valence-corrected chi connectivity index (χ4v) is 3.61. The van der Waals surface area contributed by atoms with Gasteiger partial charge >= 0.3 is 5.97 Å². The van der Waals surface area contributed by atoms with Crippen LogP contribution in [0.2, 0.25) is 0 Å². The standard InChI is InChI=1S/C15H22N2O5S/c1-4-13-5-7-14(8-6-13)23(21,22)17(11(2)15(19)20)10-9-16-12(3)18/h5-8,11H,4,9-10H2,1-3H3,(H,16,18)(H,19,20). The van der Waals surface area contributed by atoms with Crippen molar-refractivity contribution in [2.75, 3.05) is 13.1 Å². The van der Waals surface area contributed by atoms with Crippen LogP contribution >= 0.6 is 0 Å². The number of nitrogens with one attached hydrogen (secondary N) is 1. The van der Waals surface area contributed by atoms with E-state index in [2.05, 4.69) is 5.32 Å². The van der Waals surface area contributed by atoms with E-state index in [4.69, 9.17) is 5.11 Å². The van der Waals surface area contributed by atoms with Gasteiger partial charge in [0, 0.05) is 20.0 Å². The van der Waals surface area contributed by atoms with Gasteiger partial charge in [0.2, 0.25) is 15.9 Å². The molecule has 1 amide bonds. The van der Waals surface area contributed by atoms with Crippen LogP contribution in [0.4, 0.5) is 0 Å². The largest absolute Gasteiger partial charge is 0.480 e. The van der Waals surface area contributed by atoms with Crippen LogP contribution in [-0.2, 0) is 26.0 Å². The second-order valence-corrected chi connectivity index (χ2v) is 7.00. The van der Waals surface area contributed by atoms with E-state index < -0.39 is 22.0 Å². The average Bonchev–Trinajstić information content (AvgIpc) is 2.50. The van der Waals surface area contributed by atoms with Gasteiger partial charge in [-0.05, 0) is 31.0 Å². The highest BCUT2D eigenvalue weighted by Crippen LogP contribution is 2.19. The van der Waals surface area contributed by atoms with Crippen molar-refractivity contribution >= 4 is 21.9 Å². The Balaban J connectivity index is 3.10. The summed E-state index contributed by atoms with van der Waals surface area (Å²) in [7, 11) is -3.97. The second-order valence-electron chi connectivity index (χ2n) is 5.11. The Morgan fingerprint density at radius 3 is 2.26 bits per heavy atom. The Kier molecular flexibility index (Phi) is 6.71. The summed E-state index contributed by atoms with van der Waals surface area (Å²) in [5.41, 5.74) is 0.986. The molecular weight excluding hydrogens is 320 g/mol. The number of carbonyl (C=O) groups is 2. The molecule has 7 nitrogen and oxygen atoms in total. The molecular formula is C15H22N2O5S. The minimum Gasteiger partial charge on any atom is -0.480 e. The first kappa shape index (κ1) is 19.1. The molecule has 0 radical (unpaired) electrons. The number of nitrogens with zero attached hydrogens (tertiary/aromatic N) is 1. The number of rotatable bonds is 8. The van der Waals surface area contributed by atoms with Gasteiger partial charge in [-0.2, -0.15) is 4.31 Å². The normalized spacial score (nSPS) is 12.9. The summed E-state index contributed by atoms with van der Waals surface area (Å²) in [6.07, 6.45) is 0.776. The molecule has 1 rings (SSSR count). The second kappa shape index (κ2) is 8.07. The Bertz CT molecular complexity index is 655. The Morgan fingerprint density at radius 1 is 1.26 bits per heavy atom. The lowest BCUT2D eigenvalue weighted by Crippen LogP contribution is -2.46. The quantitative estimate of drug-likeness (QED) is 0.729. The van der Waals surface area contributed by atoms with Gasteiger partial charge in [-0.15, -0.1) is 0 Å².